The number of hydrogen-bond acceptors (Lipinski definition) is 4. The molecule has 0 radical (unpaired) electrons. The largest absolute Gasteiger partial charge is 0.382 e. The Balaban J connectivity index is 1.15. The highest BCUT2D eigenvalue weighted by Gasteiger charge is 2.22. The number of benzene rings is 4. The number of carbonyl (C=O) groups excluding carboxylic acids is 1. The number of ether oxygens (including phenoxy) is 2. The molecule has 1 heterocycles. The second-order valence-electron chi connectivity index (χ2n) is 9.61. The van der Waals surface area contributed by atoms with Crippen molar-refractivity contribution in [3.63, 3.8) is 0 Å². The van der Waals surface area contributed by atoms with Crippen LogP contribution in [0.4, 0.5) is 0 Å². The molecule has 0 aliphatic carbocycles. The predicted octanol–water partition coefficient (Wildman–Crippen LogP) is 5.55. The van der Waals surface area contributed by atoms with Gasteiger partial charge in [0.2, 0.25) is 0 Å². The van der Waals surface area contributed by atoms with Crippen LogP contribution in [0.25, 0.3) is 21.5 Å². The monoisotopic (exact) mass is 482 g/mol. The number of methoxy groups -OCH3 is 1. The van der Waals surface area contributed by atoms with Crippen LogP contribution in [0.2, 0.25) is 0 Å². The van der Waals surface area contributed by atoms with E-state index in [1.807, 2.05) is 30.3 Å². The molecular weight excluding hydrogens is 448 g/mol. The van der Waals surface area contributed by atoms with Crippen molar-refractivity contribution in [2.45, 2.75) is 32.0 Å². The molecule has 36 heavy (non-hydrogen) atoms. The number of piperidine rings is 1. The maximum absolute atomic E-state index is 13.0. The zero-order valence-electron chi connectivity index (χ0n) is 20.9. The summed E-state index contributed by atoms with van der Waals surface area (Å²) in [5, 5.41) is 7.88. The minimum atomic E-state index is 0.0294. The summed E-state index contributed by atoms with van der Waals surface area (Å²) in [5.74, 6) is 0.0294. The lowest BCUT2D eigenvalue weighted by Crippen LogP contribution is -2.44. The third kappa shape index (κ3) is 5.93. The molecule has 5 nitrogen and oxygen atoms in total. The Kier molecular flexibility index (Phi) is 7.91. The number of likely N-dealkylation sites (tertiary alicyclic amines) is 1. The van der Waals surface area contributed by atoms with Crippen molar-refractivity contribution in [2.24, 2.45) is 0 Å². The van der Waals surface area contributed by atoms with Gasteiger partial charge in [0.25, 0.3) is 5.91 Å². The van der Waals surface area contributed by atoms with Gasteiger partial charge in [-0.2, -0.15) is 0 Å². The molecule has 0 aromatic heterocycles. The van der Waals surface area contributed by atoms with Crippen LogP contribution in [0.5, 0.6) is 0 Å². The van der Waals surface area contributed by atoms with Crippen LogP contribution < -0.4 is 5.32 Å². The second kappa shape index (κ2) is 11.7. The molecule has 1 aliphatic rings. The summed E-state index contributed by atoms with van der Waals surface area (Å²) in [6, 6.07) is 27.5. The maximum atomic E-state index is 13.0. The molecule has 0 unspecified atom stereocenters. The number of nitrogens with zero attached hydrogens (tertiary/aromatic N) is 1. The maximum Gasteiger partial charge on any atom is 0.252 e. The number of amides is 1. The fourth-order valence-electron chi connectivity index (χ4n) is 5.05. The molecule has 4 aromatic carbocycles. The first-order valence-corrected chi connectivity index (χ1v) is 12.8. The quantitative estimate of drug-likeness (QED) is 0.318. The van der Waals surface area contributed by atoms with Gasteiger partial charge in [-0.15, -0.1) is 0 Å². The SMILES string of the molecule is COCCOCc1ccc2ccc(CN3CCC(NC(=O)c4cccc5ccccc45)CC3)cc2c1. The standard InChI is InChI=1S/C31H34N2O3/c1-35-17-18-36-22-24-10-12-25-11-9-23(19-27(25)20-24)21-33-15-13-28(14-16-33)32-31(34)30-8-4-6-26-5-2-3-7-29(26)30/h2-12,19-20,28H,13-18,21-22H2,1H3,(H,32,34). The molecule has 1 aliphatic heterocycles. The summed E-state index contributed by atoms with van der Waals surface area (Å²) >= 11 is 0. The molecule has 186 valence electrons. The van der Waals surface area contributed by atoms with Gasteiger partial charge in [0, 0.05) is 38.3 Å². The fourth-order valence-corrected chi connectivity index (χ4v) is 5.05. The molecule has 5 heteroatoms. The smallest absolute Gasteiger partial charge is 0.252 e. The summed E-state index contributed by atoms with van der Waals surface area (Å²) in [4.78, 5) is 15.5. The van der Waals surface area contributed by atoms with Crippen molar-refractivity contribution < 1.29 is 14.3 Å². The van der Waals surface area contributed by atoms with Gasteiger partial charge >= 0.3 is 0 Å². The Bertz CT molecular complexity index is 1320. The van der Waals surface area contributed by atoms with Gasteiger partial charge < -0.3 is 14.8 Å². The van der Waals surface area contributed by atoms with E-state index < -0.39 is 0 Å². The van der Waals surface area contributed by atoms with Crippen molar-refractivity contribution in [2.75, 3.05) is 33.4 Å². The lowest BCUT2D eigenvalue weighted by atomic mass is 10.0. The van der Waals surface area contributed by atoms with Crippen molar-refractivity contribution in [3.05, 3.63) is 95.6 Å². The summed E-state index contributed by atoms with van der Waals surface area (Å²) in [6.07, 6.45) is 1.93. The lowest BCUT2D eigenvalue weighted by molar-refractivity contribution is 0.0617. The number of carbonyl (C=O) groups is 1. The zero-order valence-corrected chi connectivity index (χ0v) is 20.9. The predicted molar refractivity (Wildman–Crippen MR) is 145 cm³/mol. The van der Waals surface area contributed by atoms with E-state index in [0.29, 0.717) is 19.8 Å². The Morgan fingerprint density at radius 1 is 0.861 bits per heavy atom. The first kappa shape index (κ1) is 24.4. The first-order valence-electron chi connectivity index (χ1n) is 12.8. The highest BCUT2D eigenvalue weighted by Crippen LogP contribution is 2.22. The molecule has 0 spiro atoms. The first-order chi connectivity index (χ1) is 17.7. The van der Waals surface area contributed by atoms with Crippen LogP contribution in [0.1, 0.15) is 34.3 Å². The molecule has 1 fully saturated rings. The fraction of sp³-hybridized carbons (Fsp3) is 0.323. The number of nitrogens with one attached hydrogen (secondary N) is 1. The Morgan fingerprint density at radius 3 is 2.44 bits per heavy atom. The summed E-state index contributed by atoms with van der Waals surface area (Å²) in [6.45, 7) is 4.70. The van der Waals surface area contributed by atoms with Gasteiger partial charge in [-0.1, -0.05) is 60.7 Å². The molecule has 1 N–H and O–H groups in total. The van der Waals surface area contributed by atoms with Gasteiger partial charge in [-0.3, -0.25) is 9.69 Å². The molecule has 0 atom stereocenters. The number of hydrogen-bond donors (Lipinski definition) is 1. The van der Waals surface area contributed by atoms with Crippen LogP contribution in [0.15, 0.2) is 78.9 Å². The van der Waals surface area contributed by atoms with E-state index in [1.165, 1.54) is 21.9 Å². The minimum absolute atomic E-state index is 0.0294. The summed E-state index contributed by atoms with van der Waals surface area (Å²) in [7, 11) is 1.69. The number of fused-ring (bicyclic) bond motifs is 2. The van der Waals surface area contributed by atoms with Crippen LogP contribution in [0.3, 0.4) is 0 Å². The average Bonchev–Trinajstić information content (AvgIpc) is 2.91. The van der Waals surface area contributed by atoms with Gasteiger partial charge in [0.1, 0.15) is 0 Å². The third-order valence-electron chi connectivity index (χ3n) is 7.03. The van der Waals surface area contributed by atoms with Gasteiger partial charge in [-0.25, -0.2) is 0 Å². The van der Waals surface area contributed by atoms with E-state index >= 15 is 0 Å². The van der Waals surface area contributed by atoms with Gasteiger partial charge in [0.15, 0.2) is 0 Å². The zero-order chi connectivity index (χ0) is 24.7. The highest BCUT2D eigenvalue weighted by molar-refractivity contribution is 6.07. The van der Waals surface area contributed by atoms with Crippen LogP contribution in [-0.4, -0.2) is 50.3 Å². The van der Waals surface area contributed by atoms with E-state index in [0.717, 1.165) is 48.8 Å². The normalized spacial score (nSPS) is 14.9. The summed E-state index contributed by atoms with van der Waals surface area (Å²) in [5.41, 5.74) is 3.26. The van der Waals surface area contributed by atoms with Crippen molar-refractivity contribution >= 4 is 27.5 Å². The lowest BCUT2D eigenvalue weighted by Gasteiger charge is -2.32. The average molecular weight is 483 g/mol. The van der Waals surface area contributed by atoms with E-state index in [1.54, 1.807) is 7.11 Å². The second-order valence-corrected chi connectivity index (χ2v) is 9.61. The molecule has 4 aromatic rings. The molecular formula is C31H34N2O3. The van der Waals surface area contributed by atoms with E-state index in [2.05, 4.69) is 58.7 Å². The van der Waals surface area contributed by atoms with Gasteiger partial charge in [-0.05, 0) is 63.7 Å². The Morgan fingerprint density at radius 2 is 1.61 bits per heavy atom. The molecule has 0 saturated carbocycles. The van der Waals surface area contributed by atoms with Crippen molar-refractivity contribution in [1.29, 1.82) is 0 Å². The van der Waals surface area contributed by atoms with Crippen LogP contribution >= 0.6 is 0 Å². The highest BCUT2D eigenvalue weighted by atomic mass is 16.5. The van der Waals surface area contributed by atoms with E-state index in [4.69, 9.17) is 9.47 Å². The molecule has 1 amide bonds. The topological polar surface area (TPSA) is 50.8 Å². The van der Waals surface area contributed by atoms with Crippen molar-refractivity contribution in [3.8, 4) is 0 Å². The van der Waals surface area contributed by atoms with E-state index in [-0.39, 0.29) is 11.9 Å². The van der Waals surface area contributed by atoms with Crippen LogP contribution in [-0.2, 0) is 22.6 Å². The third-order valence-corrected chi connectivity index (χ3v) is 7.03. The van der Waals surface area contributed by atoms with E-state index in [9.17, 15) is 4.79 Å². The number of rotatable bonds is 9. The Hall–Kier alpha value is -3.25. The Labute approximate surface area is 213 Å². The molecule has 0 bridgehead atoms. The minimum Gasteiger partial charge on any atom is -0.382 e. The molecule has 5 rings (SSSR count). The van der Waals surface area contributed by atoms with Crippen molar-refractivity contribution in [1.82, 2.24) is 10.2 Å². The van der Waals surface area contributed by atoms with Gasteiger partial charge in [0.05, 0.1) is 19.8 Å². The summed E-state index contributed by atoms with van der Waals surface area (Å²) < 4.78 is 10.7. The molecule has 1 saturated heterocycles. The van der Waals surface area contributed by atoms with Crippen LogP contribution in [0, 0.1) is 0 Å².